The lowest BCUT2D eigenvalue weighted by atomic mass is 10.1. The molecule has 10 rings (SSSR count). The van der Waals surface area contributed by atoms with E-state index >= 15 is 0 Å². The highest BCUT2D eigenvalue weighted by Gasteiger charge is 2.19. The summed E-state index contributed by atoms with van der Waals surface area (Å²) < 4.78 is 10.9. The van der Waals surface area contributed by atoms with Crippen LogP contribution in [0.2, 0.25) is 0 Å². The van der Waals surface area contributed by atoms with Gasteiger partial charge in [0, 0.05) is 38.0 Å². The second-order valence-corrected chi connectivity index (χ2v) is 10.8. The van der Waals surface area contributed by atoms with Gasteiger partial charge in [0.1, 0.15) is 16.8 Å². The Morgan fingerprint density at radius 1 is 0.439 bits per heavy atom. The number of aromatic nitrogens is 3. The molecule has 0 bridgehead atoms. The fourth-order valence-corrected chi connectivity index (χ4v) is 6.90. The van der Waals surface area contributed by atoms with E-state index in [9.17, 15) is 0 Å². The van der Waals surface area contributed by atoms with Gasteiger partial charge in [-0.3, -0.25) is 4.40 Å². The number of fused-ring (bicyclic) bond motifs is 14. The van der Waals surface area contributed by atoms with Crippen LogP contribution in [0.1, 0.15) is 0 Å². The van der Waals surface area contributed by atoms with Gasteiger partial charge in [0.2, 0.25) is 0 Å². The van der Waals surface area contributed by atoms with Gasteiger partial charge in [0.15, 0.2) is 0 Å². The van der Waals surface area contributed by atoms with Crippen LogP contribution in [0.15, 0.2) is 132 Å². The molecule has 0 N–H and O–H groups in total. The predicted molar refractivity (Wildman–Crippen MR) is 169 cm³/mol. The summed E-state index contributed by atoms with van der Waals surface area (Å²) in [7, 11) is 0. The zero-order valence-corrected chi connectivity index (χ0v) is 21.9. The van der Waals surface area contributed by atoms with Crippen molar-refractivity contribution in [2.24, 2.45) is 0 Å². The van der Waals surface area contributed by atoms with Gasteiger partial charge >= 0.3 is 0 Å². The van der Waals surface area contributed by atoms with Gasteiger partial charge in [-0.25, -0.2) is 4.98 Å². The van der Waals surface area contributed by atoms with Crippen LogP contribution in [-0.2, 0) is 0 Å². The second-order valence-electron chi connectivity index (χ2n) is 10.8. The number of rotatable bonds is 1. The molecule has 0 aliphatic heterocycles. The van der Waals surface area contributed by atoms with Crippen LogP contribution in [0.3, 0.4) is 0 Å². The number of benzene rings is 6. The highest BCUT2D eigenvalue weighted by molar-refractivity contribution is 6.17. The molecule has 10 aromatic rings. The normalized spacial score (nSPS) is 12.4. The van der Waals surface area contributed by atoms with Crippen molar-refractivity contribution in [3.63, 3.8) is 0 Å². The van der Waals surface area contributed by atoms with Gasteiger partial charge in [-0.1, -0.05) is 78.9 Å². The van der Waals surface area contributed by atoms with Gasteiger partial charge in [0.05, 0.1) is 27.6 Å². The first-order valence-corrected chi connectivity index (χ1v) is 13.9. The predicted octanol–water partition coefficient (Wildman–Crippen LogP) is 9.79. The lowest BCUT2D eigenvalue weighted by molar-refractivity contribution is 0.669. The Kier molecular flexibility index (Phi) is 3.90. The minimum absolute atomic E-state index is 0.901. The molecule has 0 saturated carbocycles. The Hall–Kier alpha value is -5.61. The van der Waals surface area contributed by atoms with Crippen LogP contribution < -0.4 is 0 Å². The Morgan fingerprint density at radius 2 is 1.10 bits per heavy atom. The van der Waals surface area contributed by atoms with E-state index in [1.807, 2.05) is 12.1 Å². The van der Waals surface area contributed by atoms with Crippen molar-refractivity contribution < 1.29 is 4.42 Å². The zero-order chi connectivity index (χ0) is 26.7. The smallest absolute Gasteiger partial charge is 0.146 e. The molecule has 0 radical (unpaired) electrons. The molecule has 4 heteroatoms. The van der Waals surface area contributed by atoms with E-state index < -0.39 is 0 Å². The van der Waals surface area contributed by atoms with E-state index in [0.29, 0.717) is 0 Å². The van der Waals surface area contributed by atoms with Gasteiger partial charge in [-0.15, -0.1) is 0 Å². The van der Waals surface area contributed by atoms with Gasteiger partial charge in [-0.2, -0.15) is 0 Å². The molecule has 41 heavy (non-hydrogen) atoms. The van der Waals surface area contributed by atoms with Crippen LogP contribution in [-0.4, -0.2) is 14.0 Å². The summed E-state index contributed by atoms with van der Waals surface area (Å²) in [4.78, 5) is 5.24. The van der Waals surface area contributed by atoms with Crippen molar-refractivity contribution in [3.8, 4) is 5.69 Å². The number of pyridine rings is 1. The van der Waals surface area contributed by atoms with Gasteiger partial charge in [0.25, 0.3) is 0 Å². The number of para-hydroxylation sites is 3. The summed E-state index contributed by atoms with van der Waals surface area (Å²) in [6, 6.07) is 45.3. The SMILES string of the molecule is c1ccc2c(c1)oc1ccc(-n3c4ccccc4c4cc5nc6c7ccccc7c7ccccc7n6c5cc43)cc12. The van der Waals surface area contributed by atoms with E-state index in [4.69, 9.17) is 9.40 Å². The van der Waals surface area contributed by atoms with Crippen LogP contribution in [0.25, 0.3) is 87.8 Å². The van der Waals surface area contributed by atoms with Crippen molar-refractivity contribution in [2.75, 3.05) is 0 Å². The molecule has 6 aromatic carbocycles. The maximum atomic E-state index is 6.15. The first-order chi connectivity index (χ1) is 20.3. The zero-order valence-electron chi connectivity index (χ0n) is 21.9. The quantitative estimate of drug-likeness (QED) is 0.201. The third kappa shape index (κ3) is 2.71. The minimum atomic E-state index is 0.901. The lowest BCUT2D eigenvalue weighted by Gasteiger charge is -2.10. The van der Waals surface area contributed by atoms with Crippen LogP contribution in [0, 0.1) is 0 Å². The molecule has 0 spiro atoms. The summed E-state index contributed by atoms with van der Waals surface area (Å²) in [6.07, 6.45) is 0. The second kappa shape index (κ2) is 7.52. The summed E-state index contributed by atoms with van der Waals surface area (Å²) >= 11 is 0. The van der Waals surface area contributed by atoms with Crippen molar-refractivity contribution in [2.45, 2.75) is 0 Å². The van der Waals surface area contributed by atoms with Crippen LogP contribution >= 0.6 is 0 Å². The van der Waals surface area contributed by atoms with Gasteiger partial charge in [-0.05, 0) is 53.9 Å². The molecule has 0 atom stereocenters. The standard InChI is InChI=1S/C37H21N3O/c1-2-13-27-23(9-1)24-10-3-7-15-32(24)40-34-21-33-28(20-30(34)38-37(27)40)25-11-4-6-14-31(25)39(33)22-17-18-36-29(19-22)26-12-5-8-16-35(26)41-36/h1-21H. The largest absolute Gasteiger partial charge is 0.456 e. The average Bonchev–Trinajstić information content (AvgIpc) is 3.69. The van der Waals surface area contributed by atoms with E-state index in [-0.39, 0.29) is 0 Å². The third-order valence-electron chi connectivity index (χ3n) is 8.67. The summed E-state index contributed by atoms with van der Waals surface area (Å²) in [5.74, 6) is 0. The maximum absolute atomic E-state index is 6.15. The Bertz CT molecular complexity index is 2700. The minimum Gasteiger partial charge on any atom is -0.456 e. The first kappa shape index (κ1) is 21.2. The fraction of sp³-hybridized carbons (Fsp3) is 0. The maximum Gasteiger partial charge on any atom is 0.146 e. The first-order valence-electron chi connectivity index (χ1n) is 13.9. The Morgan fingerprint density at radius 3 is 1.95 bits per heavy atom. The Labute approximate surface area is 233 Å². The Balaban J connectivity index is 1.38. The molecule has 0 saturated heterocycles. The summed E-state index contributed by atoms with van der Waals surface area (Å²) in [6.45, 7) is 0. The van der Waals surface area contributed by atoms with Crippen molar-refractivity contribution in [1.82, 2.24) is 14.0 Å². The molecule has 0 unspecified atom stereocenters. The molecule has 0 fully saturated rings. The topological polar surface area (TPSA) is 35.4 Å². The van der Waals surface area contributed by atoms with Gasteiger partial charge < -0.3 is 8.98 Å². The highest BCUT2D eigenvalue weighted by atomic mass is 16.3. The average molecular weight is 524 g/mol. The van der Waals surface area contributed by atoms with E-state index in [2.05, 4.69) is 124 Å². The molecule has 4 nitrogen and oxygen atoms in total. The molecule has 0 aliphatic rings. The molecular formula is C37H21N3O. The number of imidazole rings is 1. The fourth-order valence-electron chi connectivity index (χ4n) is 6.90. The van der Waals surface area contributed by atoms with E-state index in [1.165, 1.54) is 27.1 Å². The third-order valence-corrected chi connectivity index (χ3v) is 8.67. The molecule has 0 aliphatic carbocycles. The van der Waals surface area contributed by atoms with Crippen LogP contribution in [0.4, 0.5) is 0 Å². The van der Waals surface area contributed by atoms with E-state index in [0.717, 1.165) is 60.7 Å². The van der Waals surface area contributed by atoms with Crippen molar-refractivity contribution in [1.29, 1.82) is 0 Å². The number of nitrogens with zero attached hydrogens (tertiary/aromatic N) is 3. The molecule has 190 valence electrons. The number of hydrogen-bond acceptors (Lipinski definition) is 2. The number of hydrogen-bond donors (Lipinski definition) is 0. The monoisotopic (exact) mass is 523 g/mol. The van der Waals surface area contributed by atoms with Crippen LogP contribution in [0.5, 0.6) is 0 Å². The summed E-state index contributed by atoms with van der Waals surface area (Å²) in [5.41, 5.74) is 9.51. The lowest BCUT2D eigenvalue weighted by Crippen LogP contribution is -1.94. The molecular weight excluding hydrogens is 502 g/mol. The van der Waals surface area contributed by atoms with E-state index in [1.54, 1.807) is 0 Å². The molecule has 4 aromatic heterocycles. The highest BCUT2D eigenvalue weighted by Crippen LogP contribution is 2.39. The summed E-state index contributed by atoms with van der Waals surface area (Å²) in [5, 5.41) is 8.29. The van der Waals surface area contributed by atoms with Crippen molar-refractivity contribution in [3.05, 3.63) is 127 Å². The van der Waals surface area contributed by atoms with Crippen molar-refractivity contribution >= 4 is 82.1 Å². The number of furan rings is 1. The molecule has 0 amide bonds. The molecule has 4 heterocycles.